The first-order valence-corrected chi connectivity index (χ1v) is 9.39. The predicted octanol–water partition coefficient (Wildman–Crippen LogP) is 4.88. The largest absolute Gasteiger partial charge is 0.481 e. The van der Waals surface area contributed by atoms with Gasteiger partial charge in [0.2, 0.25) is 0 Å². The van der Waals surface area contributed by atoms with Crippen molar-refractivity contribution in [3.8, 4) is 5.75 Å². The molecule has 0 aliphatic heterocycles. The number of hydrogen-bond acceptors (Lipinski definition) is 4. The number of anilines is 1. The summed E-state index contributed by atoms with van der Waals surface area (Å²) >= 11 is 6.05. The van der Waals surface area contributed by atoms with Gasteiger partial charge in [0, 0.05) is 5.69 Å². The summed E-state index contributed by atoms with van der Waals surface area (Å²) in [6.45, 7) is 5.91. The van der Waals surface area contributed by atoms with Gasteiger partial charge in [0.05, 0.1) is 17.2 Å². The Morgan fingerprint density at radius 3 is 2.37 bits per heavy atom. The molecule has 0 radical (unpaired) electrons. The van der Waals surface area contributed by atoms with Crippen LogP contribution in [0, 0.1) is 0 Å². The molecule has 1 N–H and O–H groups in total. The lowest BCUT2D eigenvalue weighted by atomic mass is 10.1. The molecule has 27 heavy (non-hydrogen) atoms. The van der Waals surface area contributed by atoms with Gasteiger partial charge < -0.3 is 14.8 Å². The van der Waals surface area contributed by atoms with E-state index in [1.807, 2.05) is 31.2 Å². The van der Waals surface area contributed by atoms with Crippen molar-refractivity contribution in [3.05, 3.63) is 58.6 Å². The fraction of sp³-hybridized carbons (Fsp3) is 0.333. The van der Waals surface area contributed by atoms with Crippen LogP contribution in [0.15, 0.2) is 42.5 Å². The predicted molar refractivity (Wildman–Crippen MR) is 107 cm³/mol. The third-order valence-electron chi connectivity index (χ3n) is 4.00. The van der Waals surface area contributed by atoms with Gasteiger partial charge in [-0.3, -0.25) is 4.79 Å². The van der Waals surface area contributed by atoms with Crippen LogP contribution in [0.2, 0.25) is 5.02 Å². The van der Waals surface area contributed by atoms with E-state index in [1.54, 1.807) is 19.1 Å². The van der Waals surface area contributed by atoms with Crippen LogP contribution in [-0.4, -0.2) is 24.6 Å². The van der Waals surface area contributed by atoms with Gasteiger partial charge in [-0.1, -0.05) is 37.6 Å². The average molecular weight is 390 g/mol. The third kappa shape index (κ3) is 5.73. The lowest BCUT2D eigenvalue weighted by Gasteiger charge is -2.18. The minimum atomic E-state index is -0.654. The Hall–Kier alpha value is -2.53. The maximum atomic E-state index is 12.6. The summed E-state index contributed by atoms with van der Waals surface area (Å²) in [5.74, 6) is -0.190. The summed E-state index contributed by atoms with van der Waals surface area (Å²) < 4.78 is 10.8. The minimum Gasteiger partial charge on any atom is -0.481 e. The smallest absolute Gasteiger partial charge is 0.339 e. The molecule has 0 heterocycles. The monoisotopic (exact) mass is 389 g/mol. The lowest BCUT2D eigenvalue weighted by Crippen LogP contribution is -2.32. The summed E-state index contributed by atoms with van der Waals surface area (Å²) in [5, 5.41) is 3.04. The highest BCUT2D eigenvalue weighted by Gasteiger charge is 2.20. The fourth-order valence-corrected chi connectivity index (χ4v) is 2.68. The van der Waals surface area contributed by atoms with Crippen LogP contribution >= 0.6 is 11.6 Å². The van der Waals surface area contributed by atoms with Crippen molar-refractivity contribution in [3.63, 3.8) is 0 Å². The third-order valence-corrected chi connectivity index (χ3v) is 4.33. The number of ether oxygens (including phenoxy) is 2. The molecule has 0 saturated heterocycles. The molecule has 6 heteroatoms. The second-order valence-electron chi connectivity index (χ2n) is 5.92. The number of hydrogen-bond donors (Lipinski definition) is 1. The number of esters is 1. The highest BCUT2D eigenvalue weighted by atomic mass is 35.5. The first-order chi connectivity index (χ1) is 13.0. The van der Waals surface area contributed by atoms with Gasteiger partial charge in [0.1, 0.15) is 5.75 Å². The maximum Gasteiger partial charge on any atom is 0.339 e. The zero-order valence-electron chi connectivity index (χ0n) is 15.8. The number of aryl methyl sites for hydroxylation is 1. The van der Waals surface area contributed by atoms with Crippen molar-refractivity contribution in [1.82, 2.24) is 0 Å². The molecule has 0 saturated carbocycles. The standard InChI is InChI=1S/C21H24ClNO4/c1-4-14-7-10-16(11-8-14)27-19(5-2)20(24)23-15-9-12-18(22)17(13-15)21(25)26-6-3/h7-13,19H,4-6H2,1-3H3,(H,23,24)/t19-/m1/s1. The Kier molecular flexibility index (Phi) is 7.67. The van der Waals surface area contributed by atoms with E-state index in [-0.39, 0.29) is 23.1 Å². The molecule has 2 rings (SSSR count). The molecule has 0 aliphatic carbocycles. The Bertz CT molecular complexity index is 789. The molecule has 144 valence electrons. The van der Waals surface area contributed by atoms with Crippen molar-refractivity contribution >= 4 is 29.2 Å². The van der Waals surface area contributed by atoms with Crippen molar-refractivity contribution in [2.24, 2.45) is 0 Å². The fourth-order valence-electron chi connectivity index (χ4n) is 2.48. The Labute approximate surface area is 164 Å². The van der Waals surface area contributed by atoms with Gasteiger partial charge in [-0.05, 0) is 55.7 Å². The maximum absolute atomic E-state index is 12.6. The summed E-state index contributed by atoms with van der Waals surface area (Å²) in [6.07, 6.45) is 0.788. The zero-order chi connectivity index (χ0) is 19.8. The van der Waals surface area contributed by atoms with Gasteiger partial charge in [-0.25, -0.2) is 4.79 Å². The second kappa shape index (κ2) is 9.97. The number of rotatable bonds is 8. The molecular formula is C21H24ClNO4. The van der Waals surface area contributed by atoms with E-state index < -0.39 is 12.1 Å². The number of amides is 1. The van der Waals surface area contributed by atoms with Crippen LogP contribution in [0.5, 0.6) is 5.75 Å². The van der Waals surface area contributed by atoms with Crippen molar-refractivity contribution in [2.45, 2.75) is 39.7 Å². The highest BCUT2D eigenvalue weighted by molar-refractivity contribution is 6.33. The van der Waals surface area contributed by atoms with Crippen LogP contribution in [0.3, 0.4) is 0 Å². The Morgan fingerprint density at radius 1 is 1.07 bits per heavy atom. The summed E-state index contributed by atoms with van der Waals surface area (Å²) in [7, 11) is 0. The normalized spacial score (nSPS) is 11.6. The van der Waals surface area contributed by atoms with Crippen LogP contribution in [-0.2, 0) is 16.0 Å². The molecule has 0 unspecified atom stereocenters. The number of halogens is 1. The molecule has 0 aromatic heterocycles. The second-order valence-corrected chi connectivity index (χ2v) is 6.32. The number of carbonyl (C=O) groups is 2. The first-order valence-electron chi connectivity index (χ1n) is 9.01. The molecule has 2 aromatic rings. The summed E-state index contributed by atoms with van der Waals surface area (Å²) in [5.41, 5.74) is 1.86. The van der Waals surface area contributed by atoms with Crippen molar-refractivity contribution in [2.75, 3.05) is 11.9 Å². The highest BCUT2D eigenvalue weighted by Crippen LogP contribution is 2.22. The molecule has 0 aliphatic rings. The van der Waals surface area contributed by atoms with E-state index in [2.05, 4.69) is 12.2 Å². The van der Waals surface area contributed by atoms with E-state index in [4.69, 9.17) is 21.1 Å². The zero-order valence-corrected chi connectivity index (χ0v) is 16.5. The Morgan fingerprint density at radius 2 is 1.78 bits per heavy atom. The van der Waals surface area contributed by atoms with E-state index in [0.29, 0.717) is 17.9 Å². The minimum absolute atomic E-state index is 0.209. The number of benzene rings is 2. The van der Waals surface area contributed by atoms with E-state index in [0.717, 1.165) is 6.42 Å². The molecular weight excluding hydrogens is 366 g/mol. The molecule has 2 aromatic carbocycles. The van der Waals surface area contributed by atoms with E-state index in [9.17, 15) is 9.59 Å². The molecule has 0 spiro atoms. The average Bonchev–Trinajstić information content (AvgIpc) is 2.68. The van der Waals surface area contributed by atoms with Gasteiger partial charge in [0.15, 0.2) is 6.10 Å². The van der Waals surface area contributed by atoms with Gasteiger partial charge >= 0.3 is 5.97 Å². The molecule has 5 nitrogen and oxygen atoms in total. The molecule has 1 atom stereocenters. The van der Waals surface area contributed by atoms with Crippen LogP contribution in [0.1, 0.15) is 43.1 Å². The van der Waals surface area contributed by atoms with E-state index >= 15 is 0 Å². The lowest BCUT2D eigenvalue weighted by molar-refractivity contribution is -0.122. The molecule has 0 bridgehead atoms. The quantitative estimate of drug-likeness (QED) is 0.654. The molecule has 0 fully saturated rings. The van der Waals surface area contributed by atoms with Crippen molar-refractivity contribution in [1.29, 1.82) is 0 Å². The van der Waals surface area contributed by atoms with Crippen LogP contribution in [0.25, 0.3) is 0 Å². The number of carbonyl (C=O) groups excluding carboxylic acids is 2. The Balaban J connectivity index is 2.09. The topological polar surface area (TPSA) is 64.6 Å². The summed E-state index contributed by atoms with van der Waals surface area (Å²) in [6, 6.07) is 12.4. The van der Waals surface area contributed by atoms with Gasteiger partial charge in [-0.15, -0.1) is 0 Å². The first kappa shape index (κ1) is 20.8. The summed E-state index contributed by atoms with van der Waals surface area (Å²) in [4.78, 5) is 24.5. The SMILES string of the molecule is CCOC(=O)c1cc(NC(=O)[C@@H](CC)Oc2ccc(CC)cc2)ccc1Cl. The van der Waals surface area contributed by atoms with Crippen molar-refractivity contribution < 1.29 is 19.1 Å². The van der Waals surface area contributed by atoms with Crippen LogP contribution < -0.4 is 10.1 Å². The number of nitrogens with one attached hydrogen (secondary N) is 1. The van der Waals surface area contributed by atoms with E-state index in [1.165, 1.54) is 11.6 Å². The van der Waals surface area contributed by atoms with Gasteiger partial charge in [0.25, 0.3) is 5.91 Å². The van der Waals surface area contributed by atoms with Gasteiger partial charge in [-0.2, -0.15) is 0 Å². The molecule has 1 amide bonds. The van der Waals surface area contributed by atoms with Crippen LogP contribution in [0.4, 0.5) is 5.69 Å².